The summed E-state index contributed by atoms with van der Waals surface area (Å²) in [4.78, 5) is 32.0. The number of hydrogen-bond donors (Lipinski definition) is 1. The Bertz CT molecular complexity index is 1620. The fourth-order valence-electron chi connectivity index (χ4n) is 4.27. The molecule has 3 aromatic rings. The first-order valence-electron chi connectivity index (χ1n) is 12.4. The highest BCUT2D eigenvalue weighted by Gasteiger charge is 2.34. The molecule has 1 aliphatic heterocycles. The summed E-state index contributed by atoms with van der Waals surface area (Å²) in [5.41, 5.74) is 1.71. The van der Waals surface area contributed by atoms with E-state index in [0.717, 1.165) is 0 Å². The highest BCUT2D eigenvalue weighted by Crippen LogP contribution is 2.36. The van der Waals surface area contributed by atoms with Gasteiger partial charge in [-0.2, -0.15) is 0 Å². The van der Waals surface area contributed by atoms with Crippen LogP contribution in [-0.4, -0.2) is 42.6 Å². The predicted molar refractivity (Wildman–Crippen MR) is 148 cm³/mol. The average molecular weight is 551 g/mol. The zero-order valence-corrected chi connectivity index (χ0v) is 23.0. The minimum atomic E-state index is -0.801. The molecule has 0 unspecified atom stereocenters. The summed E-state index contributed by atoms with van der Waals surface area (Å²) in [6.45, 7) is 9.87. The Labute approximate surface area is 229 Å². The van der Waals surface area contributed by atoms with Gasteiger partial charge < -0.3 is 24.1 Å². The summed E-state index contributed by atoms with van der Waals surface area (Å²) in [5.74, 6) is 0.736. The molecule has 2 heterocycles. The normalized spacial score (nSPS) is 14.9. The molecule has 0 saturated heterocycles. The van der Waals surface area contributed by atoms with Crippen molar-refractivity contribution in [3.8, 4) is 23.0 Å². The number of allylic oxidation sites excluding steroid dienone is 1. The van der Waals surface area contributed by atoms with Gasteiger partial charge in [0, 0.05) is 0 Å². The molecule has 1 N–H and O–H groups in total. The van der Waals surface area contributed by atoms with Gasteiger partial charge in [0.25, 0.3) is 5.56 Å². The Kier molecular flexibility index (Phi) is 8.55. The maximum absolute atomic E-state index is 13.8. The van der Waals surface area contributed by atoms with Crippen molar-refractivity contribution >= 4 is 23.4 Å². The number of nitrogens with zero attached hydrogens (tertiary/aromatic N) is 2. The van der Waals surface area contributed by atoms with Crippen molar-refractivity contribution < 1.29 is 28.8 Å². The van der Waals surface area contributed by atoms with Gasteiger partial charge in [-0.05, 0) is 62.2 Å². The summed E-state index contributed by atoms with van der Waals surface area (Å²) in [6, 6.07) is 9.33. The lowest BCUT2D eigenvalue weighted by atomic mass is 9.95. The predicted octanol–water partition coefficient (Wildman–Crippen LogP) is 3.48. The first-order valence-corrected chi connectivity index (χ1v) is 13.2. The van der Waals surface area contributed by atoms with Crippen LogP contribution in [0.15, 0.2) is 70.1 Å². The van der Waals surface area contributed by atoms with E-state index in [1.54, 1.807) is 56.3 Å². The van der Waals surface area contributed by atoms with Crippen molar-refractivity contribution in [3.05, 3.63) is 91.1 Å². The van der Waals surface area contributed by atoms with Crippen LogP contribution in [0.4, 0.5) is 0 Å². The van der Waals surface area contributed by atoms with E-state index in [4.69, 9.17) is 18.9 Å². The minimum absolute atomic E-state index is 0.00330. The van der Waals surface area contributed by atoms with E-state index < -0.39 is 12.0 Å². The smallest absolute Gasteiger partial charge is 0.338 e. The zero-order valence-electron chi connectivity index (χ0n) is 22.2. The second kappa shape index (κ2) is 12.0. The molecule has 2 aromatic carbocycles. The number of thiazole rings is 1. The lowest BCUT2D eigenvalue weighted by molar-refractivity contribution is -0.139. The number of methoxy groups -OCH3 is 1. The largest absolute Gasteiger partial charge is 0.504 e. The summed E-state index contributed by atoms with van der Waals surface area (Å²) < 4.78 is 24.0. The molecule has 1 aromatic heterocycles. The molecule has 4 rings (SSSR count). The first kappa shape index (κ1) is 27.7. The van der Waals surface area contributed by atoms with E-state index in [0.29, 0.717) is 50.9 Å². The number of phenols is 1. The number of phenolic OH excluding ortho intramolecular Hbond substituents is 1. The van der Waals surface area contributed by atoms with Crippen LogP contribution in [0.2, 0.25) is 0 Å². The van der Waals surface area contributed by atoms with Crippen LogP contribution in [0.5, 0.6) is 23.0 Å². The molecule has 0 saturated carbocycles. The summed E-state index contributed by atoms with van der Waals surface area (Å²) in [6.07, 6.45) is 3.33. The lowest BCUT2D eigenvalue weighted by Crippen LogP contribution is -2.40. The van der Waals surface area contributed by atoms with Crippen LogP contribution in [0.1, 0.15) is 37.9 Å². The molecule has 204 valence electrons. The zero-order chi connectivity index (χ0) is 28.1. The highest BCUT2D eigenvalue weighted by molar-refractivity contribution is 7.07. The Morgan fingerprint density at radius 3 is 2.62 bits per heavy atom. The molecule has 9 nitrogen and oxygen atoms in total. The van der Waals surface area contributed by atoms with Crippen LogP contribution >= 0.6 is 11.3 Å². The van der Waals surface area contributed by atoms with Crippen molar-refractivity contribution in [2.24, 2.45) is 4.99 Å². The third-order valence-electron chi connectivity index (χ3n) is 5.96. The number of carbonyl (C=O) groups is 1. The lowest BCUT2D eigenvalue weighted by Gasteiger charge is -2.25. The Morgan fingerprint density at radius 2 is 1.92 bits per heavy atom. The van der Waals surface area contributed by atoms with Gasteiger partial charge in [-0.25, -0.2) is 9.79 Å². The fourth-order valence-corrected chi connectivity index (χ4v) is 5.32. The average Bonchev–Trinajstić information content (AvgIpc) is 3.22. The van der Waals surface area contributed by atoms with E-state index in [1.165, 1.54) is 29.1 Å². The number of hydrogen-bond acceptors (Lipinski definition) is 9. The summed E-state index contributed by atoms with van der Waals surface area (Å²) >= 11 is 1.20. The summed E-state index contributed by atoms with van der Waals surface area (Å²) in [5, 5.41) is 9.94. The van der Waals surface area contributed by atoms with Gasteiger partial charge in [-0.15, -0.1) is 0 Å². The molecule has 1 atom stereocenters. The number of rotatable bonds is 10. The van der Waals surface area contributed by atoms with Crippen LogP contribution < -0.4 is 29.1 Å². The van der Waals surface area contributed by atoms with Gasteiger partial charge >= 0.3 is 5.97 Å². The quantitative estimate of drug-likeness (QED) is 0.304. The van der Waals surface area contributed by atoms with Gasteiger partial charge in [0.15, 0.2) is 27.8 Å². The number of aromatic nitrogens is 1. The van der Waals surface area contributed by atoms with Crippen LogP contribution in [-0.2, 0) is 9.53 Å². The maximum Gasteiger partial charge on any atom is 0.338 e. The molecule has 0 amide bonds. The van der Waals surface area contributed by atoms with Crippen LogP contribution in [0, 0.1) is 0 Å². The fraction of sp³-hybridized carbons (Fsp3) is 0.276. The Morgan fingerprint density at radius 1 is 1.13 bits per heavy atom. The molecular formula is C29H30N2O7S. The van der Waals surface area contributed by atoms with Gasteiger partial charge in [-0.1, -0.05) is 36.1 Å². The van der Waals surface area contributed by atoms with Gasteiger partial charge in [-0.3, -0.25) is 9.36 Å². The monoisotopic (exact) mass is 550 g/mol. The molecule has 0 radical (unpaired) electrons. The maximum atomic E-state index is 13.8. The standard InChI is InChI=1S/C29H30N2O7S/c1-6-13-38-21-12-10-19(16-23(21)36-7-2)26-25(28(34)37-8-3)17(4)30-29-31(26)27(33)24(39-29)15-18-9-11-20(32)22(14-18)35-5/h6,9-12,14-16,26,32H,1,7-8,13H2,2-5H3/t26-/m1/s1. The topological polar surface area (TPSA) is 109 Å². The van der Waals surface area contributed by atoms with Crippen LogP contribution in [0.25, 0.3) is 6.08 Å². The molecule has 10 heteroatoms. The minimum Gasteiger partial charge on any atom is -0.504 e. The van der Waals surface area contributed by atoms with Crippen molar-refractivity contribution in [1.82, 2.24) is 4.57 Å². The molecular weight excluding hydrogens is 520 g/mol. The van der Waals surface area contributed by atoms with E-state index in [1.807, 2.05) is 6.92 Å². The number of carbonyl (C=O) groups excluding carboxylic acids is 1. The van der Waals surface area contributed by atoms with E-state index in [9.17, 15) is 14.7 Å². The highest BCUT2D eigenvalue weighted by atomic mass is 32.1. The number of aromatic hydroxyl groups is 1. The van der Waals surface area contributed by atoms with Crippen molar-refractivity contribution in [2.75, 3.05) is 26.9 Å². The van der Waals surface area contributed by atoms with Crippen LogP contribution in [0.3, 0.4) is 0 Å². The van der Waals surface area contributed by atoms with Gasteiger partial charge in [0.1, 0.15) is 6.61 Å². The van der Waals surface area contributed by atoms with Crippen molar-refractivity contribution in [3.63, 3.8) is 0 Å². The number of benzene rings is 2. The van der Waals surface area contributed by atoms with E-state index >= 15 is 0 Å². The molecule has 1 aliphatic rings. The molecule has 0 aliphatic carbocycles. The second-order valence-corrected chi connectivity index (χ2v) is 9.48. The SMILES string of the molecule is C=CCOc1ccc([C@@H]2C(C(=O)OCC)=C(C)N=c3sc(=Cc4ccc(O)c(OC)c4)c(=O)n32)cc1OCC. The molecule has 0 spiro atoms. The Balaban J connectivity index is 1.93. The van der Waals surface area contributed by atoms with Crippen molar-refractivity contribution in [1.29, 1.82) is 0 Å². The van der Waals surface area contributed by atoms with E-state index in [-0.39, 0.29) is 29.2 Å². The molecule has 0 bridgehead atoms. The Hall–Kier alpha value is -4.31. The first-order chi connectivity index (χ1) is 18.8. The summed E-state index contributed by atoms with van der Waals surface area (Å²) in [7, 11) is 1.45. The second-order valence-electron chi connectivity index (χ2n) is 8.47. The number of esters is 1. The number of fused-ring (bicyclic) bond motifs is 1. The van der Waals surface area contributed by atoms with Gasteiger partial charge in [0.2, 0.25) is 0 Å². The molecule has 0 fully saturated rings. The van der Waals surface area contributed by atoms with Gasteiger partial charge in [0.05, 0.1) is 42.2 Å². The third kappa shape index (κ3) is 5.61. The van der Waals surface area contributed by atoms with Crippen molar-refractivity contribution in [2.45, 2.75) is 26.8 Å². The number of ether oxygens (including phenoxy) is 4. The third-order valence-corrected chi connectivity index (χ3v) is 6.94. The van der Waals surface area contributed by atoms with E-state index in [2.05, 4.69) is 11.6 Å². The molecule has 39 heavy (non-hydrogen) atoms.